The fourth-order valence-electron chi connectivity index (χ4n) is 2.62. The Morgan fingerprint density at radius 2 is 2.15 bits per heavy atom. The molecule has 3 nitrogen and oxygen atoms in total. The molecular formula is C16H20FNO2. The Kier molecular flexibility index (Phi) is 4.55. The molecule has 0 bridgehead atoms. The lowest BCUT2D eigenvalue weighted by atomic mass is 10.0. The first-order valence-corrected chi connectivity index (χ1v) is 6.90. The molecule has 0 saturated heterocycles. The summed E-state index contributed by atoms with van der Waals surface area (Å²) in [6, 6.07) is 6.07. The SMILES string of the molecule is CN(CC1(O)CCCC1)C(=O)/C=C/c1cccc(F)c1. The maximum absolute atomic E-state index is 13.0. The number of hydrogen-bond donors (Lipinski definition) is 1. The minimum absolute atomic E-state index is 0.186. The van der Waals surface area contributed by atoms with Crippen LogP contribution in [0.25, 0.3) is 6.08 Å². The van der Waals surface area contributed by atoms with Crippen molar-refractivity contribution in [3.8, 4) is 0 Å². The molecule has 0 unspecified atom stereocenters. The Morgan fingerprint density at radius 1 is 1.45 bits per heavy atom. The number of carbonyl (C=O) groups excluding carboxylic acids is 1. The van der Waals surface area contributed by atoms with Crippen molar-refractivity contribution in [1.82, 2.24) is 4.90 Å². The average molecular weight is 277 g/mol. The van der Waals surface area contributed by atoms with Gasteiger partial charge in [-0.05, 0) is 36.6 Å². The van der Waals surface area contributed by atoms with E-state index in [1.54, 1.807) is 25.3 Å². The molecule has 1 saturated carbocycles. The van der Waals surface area contributed by atoms with Crippen LogP contribution in [0.5, 0.6) is 0 Å². The lowest BCUT2D eigenvalue weighted by molar-refractivity contribution is -0.127. The van der Waals surface area contributed by atoms with Crippen LogP contribution < -0.4 is 0 Å². The highest BCUT2D eigenvalue weighted by Gasteiger charge is 2.32. The van der Waals surface area contributed by atoms with E-state index in [0.29, 0.717) is 12.1 Å². The summed E-state index contributed by atoms with van der Waals surface area (Å²) in [7, 11) is 1.68. The summed E-state index contributed by atoms with van der Waals surface area (Å²) < 4.78 is 13.0. The first-order valence-electron chi connectivity index (χ1n) is 6.90. The molecule has 0 heterocycles. The maximum atomic E-state index is 13.0. The van der Waals surface area contributed by atoms with Crippen LogP contribution in [0.1, 0.15) is 31.2 Å². The molecule has 1 aliphatic carbocycles. The molecule has 0 aliphatic heterocycles. The average Bonchev–Trinajstić information content (AvgIpc) is 2.82. The number of nitrogens with zero attached hydrogens (tertiary/aromatic N) is 1. The number of aliphatic hydroxyl groups is 1. The number of hydrogen-bond acceptors (Lipinski definition) is 2. The van der Waals surface area contributed by atoms with E-state index in [1.165, 1.54) is 23.1 Å². The molecule has 1 N–H and O–H groups in total. The Balaban J connectivity index is 1.93. The third kappa shape index (κ3) is 3.90. The second-order valence-electron chi connectivity index (χ2n) is 5.51. The van der Waals surface area contributed by atoms with Crippen LogP contribution in [0, 0.1) is 5.82 Å². The normalized spacial score (nSPS) is 17.6. The molecule has 0 spiro atoms. The van der Waals surface area contributed by atoms with Crippen molar-refractivity contribution in [3.05, 3.63) is 41.7 Å². The summed E-state index contributed by atoms with van der Waals surface area (Å²) in [5.41, 5.74) is -0.0942. The van der Waals surface area contributed by atoms with Crippen molar-refractivity contribution < 1.29 is 14.3 Å². The van der Waals surface area contributed by atoms with Crippen molar-refractivity contribution in [2.45, 2.75) is 31.3 Å². The molecule has 0 atom stereocenters. The summed E-state index contributed by atoms with van der Waals surface area (Å²) in [5, 5.41) is 10.3. The van der Waals surface area contributed by atoms with E-state index in [2.05, 4.69) is 0 Å². The third-order valence-electron chi connectivity index (χ3n) is 3.71. The highest BCUT2D eigenvalue weighted by molar-refractivity contribution is 5.91. The molecule has 4 heteroatoms. The highest BCUT2D eigenvalue weighted by Crippen LogP contribution is 2.29. The standard InChI is InChI=1S/C16H20FNO2/c1-18(12-16(20)9-2-3-10-16)15(19)8-7-13-5-4-6-14(17)11-13/h4-8,11,20H,2-3,9-10,12H2,1H3/b8-7+. The summed E-state index contributed by atoms with van der Waals surface area (Å²) >= 11 is 0. The highest BCUT2D eigenvalue weighted by atomic mass is 19.1. The van der Waals surface area contributed by atoms with Crippen LogP contribution in [0.2, 0.25) is 0 Å². The summed E-state index contributed by atoms with van der Waals surface area (Å²) in [6.45, 7) is 0.347. The molecule has 1 aliphatic rings. The van der Waals surface area contributed by atoms with E-state index < -0.39 is 5.60 Å². The molecule has 1 aromatic rings. The van der Waals surface area contributed by atoms with Gasteiger partial charge in [0.15, 0.2) is 0 Å². The summed E-state index contributed by atoms with van der Waals surface area (Å²) in [5.74, 6) is -0.511. The van der Waals surface area contributed by atoms with Gasteiger partial charge in [0.25, 0.3) is 0 Å². The van der Waals surface area contributed by atoms with Crippen molar-refractivity contribution in [2.75, 3.05) is 13.6 Å². The van der Waals surface area contributed by atoms with E-state index in [4.69, 9.17) is 0 Å². The zero-order valence-electron chi connectivity index (χ0n) is 11.7. The van der Waals surface area contributed by atoms with Gasteiger partial charge in [0.2, 0.25) is 5.91 Å². The van der Waals surface area contributed by atoms with E-state index in [1.807, 2.05) is 0 Å². The Hall–Kier alpha value is -1.68. The molecule has 20 heavy (non-hydrogen) atoms. The molecule has 108 valence electrons. The lowest BCUT2D eigenvalue weighted by Crippen LogP contribution is -2.41. The van der Waals surface area contributed by atoms with Gasteiger partial charge in [-0.1, -0.05) is 25.0 Å². The first kappa shape index (κ1) is 14.7. The number of likely N-dealkylation sites (N-methyl/N-ethyl adjacent to an activating group) is 1. The predicted octanol–water partition coefficient (Wildman–Crippen LogP) is 2.60. The molecule has 2 rings (SSSR count). The van der Waals surface area contributed by atoms with Crippen molar-refractivity contribution >= 4 is 12.0 Å². The Morgan fingerprint density at radius 3 is 2.80 bits per heavy atom. The van der Waals surface area contributed by atoms with Crippen LogP contribution in [0.15, 0.2) is 30.3 Å². The summed E-state index contributed by atoms with van der Waals surface area (Å²) in [4.78, 5) is 13.5. The van der Waals surface area contributed by atoms with E-state index in [-0.39, 0.29) is 11.7 Å². The number of halogens is 1. The lowest BCUT2D eigenvalue weighted by Gasteiger charge is -2.27. The zero-order valence-corrected chi connectivity index (χ0v) is 11.7. The van der Waals surface area contributed by atoms with E-state index in [0.717, 1.165) is 25.7 Å². The third-order valence-corrected chi connectivity index (χ3v) is 3.71. The van der Waals surface area contributed by atoms with Gasteiger partial charge in [-0.15, -0.1) is 0 Å². The Labute approximate surface area is 118 Å². The summed E-state index contributed by atoms with van der Waals surface area (Å²) in [6.07, 6.45) is 6.51. The maximum Gasteiger partial charge on any atom is 0.246 e. The second-order valence-corrected chi connectivity index (χ2v) is 5.51. The fraction of sp³-hybridized carbons (Fsp3) is 0.438. The van der Waals surface area contributed by atoms with Crippen LogP contribution in [0.4, 0.5) is 4.39 Å². The molecule has 1 amide bonds. The minimum atomic E-state index is -0.739. The van der Waals surface area contributed by atoms with Gasteiger partial charge in [0, 0.05) is 19.7 Å². The molecule has 1 aromatic carbocycles. The van der Waals surface area contributed by atoms with Crippen LogP contribution in [-0.2, 0) is 4.79 Å². The van der Waals surface area contributed by atoms with Gasteiger partial charge in [0.05, 0.1) is 5.60 Å². The zero-order chi connectivity index (χ0) is 14.6. The largest absolute Gasteiger partial charge is 0.388 e. The van der Waals surface area contributed by atoms with Crippen LogP contribution in [0.3, 0.4) is 0 Å². The monoisotopic (exact) mass is 277 g/mol. The van der Waals surface area contributed by atoms with E-state index >= 15 is 0 Å². The quantitative estimate of drug-likeness (QED) is 0.859. The van der Waals surface area contributed by atoms with Crippen molar-refractivity contribution in [2.24, 2.45) is 0 Å². The molecular weight excluding hydrogens is 257 g/mol. The van der Waals surface area contributed by atoms with Gasteiger partial charge in [-0.2, -0.15) is 0 Å². The number of amides is 1. The fourth-order valence-corrected chi connectivity index (χ4v) is 2.62. The van der Waals surface area contributed by atoms with E-state index in [9.17, 15) is 14.3 Å². The molecule has 0 radical (unpaired) electrons. The van der Waals surface area contributed by atoms with Crippen LogP contribution in [-0.4, -0.2) is 35.1 Å². The number of rotatable bonds is 4. The van der Waals surface area contributed by atoms with Gasteiger partial charge in [0.1, 0.15) is 5.82 Å². The molecule has 0 aromatic heterocycles. The van der Waals surface area contributed by atoms with Gasteiger partial charge in [-0.3, -0.25) is 4.79 Å². The topological polar surface area (TPSA) is 40.5 Å². The second kappa shape index (κ2) is 6.18. The van der Waals surface area contributed by atoms with Gasteiger partial charge < -0.3 is 10.0 Å². The van der Waals surface area contributed by atoms with Crippen LogP contribution >= 0.6 is 0 Å². The minimum Gasteiger partial charge on any atom is -0.388 e. The number of benzene rings is 1. The smallest absolute Gasteiger partial charge is 0.246 e. The first-order chi connectivity index (χ1) is 9.48. The predicted molar refractivity (Wildman–Crippen MR) is 76.5 cm³/mol. The van der Waals surface area contributed by atoms with Crippen molar-refractivity contribution in [3.63, 3.8) is 0 Å². The van der Waals surface area contributed by atoms with Gasteiger partial charge in [-0.25, -0.2) is 4.39 Å². The Bertz CT molecular complexity index is 507. The van der Waals surface area contributed by atoms with Crippen molar-refractivity contribution in [1.29, 1.82) is 0 Å². The van der Waals surface area contributed by atoms with Gasteiger partial charge >= 0.3 is 0 Å². The number of carbonyl (C=O) groups is 1. The molecule has 1 fully saturated rings.